The van der Waals surface area contributed by atoms with Crippen LogP contribution in [-0.4, -0.2) is 22.4 Å². The molecule has 0 saturated carbocycles. The highest BCUT2D eigenvalue weighted by molar-refractivity contribution is 7.07. The Morgan fingerprint density at radius 2 is 2.28 bits per heavy atom. The minimum Gasteiger partial charge on any atom is -0.465 e. The number of carbonyl (C=O) groups is 1. The molecule has 0 atom stereocenters. The van der Waals surface area contributed by atoms with E-state index in [0.29, 0.717) is 16.5 Å². The molecular formula is C12H12N2O3S. The van der Waals surface area contributed by atoms with E-state index in [9.17, 15) is 4.79 Å². The summed E-state index contributed by atoms with van der Waals surface area (Å²) in [5.74, 6) is 0.891. The standard InChI is InChI=1S/C12H12N2O3S/c1-3-10-13-12(18-14-10)17-9-6-4-5-8(7-9)11(15)16-2/h4-7H,3H2,1-2H3. The van der Waals surface area contributed by atoms with Crippen LogP contribution in [0.3, 0.4) is 0 Å². The molecule has 0 aliphatic heterocycles. The van der Waals surface area contributed by atoms with Gasteiger partial charge in [-0.3, -0.25) is 0 Å². The Morgan fingerprint density at radius 3 is 2.94 bits per heavy atom. The third kappa shape index (κ3) is 2.84. The normalized spacial score (nSPS) is 10.1. The van der Waals surface area contributed by atoms with Crippen molar-refractivity contribution < 1.29 is 14.3 Å². The molecule has 5 nitrogen and oxygen atoms in total. The number of aryl methyl sites for hydroxylation is 1. The Kier molecular flexibility index (Phi) is 3.88. The fourth-order valence-corrected chi connectivity index (χ4v) is 1.96. The van der Waals surface area contributed by atoms with Gasteiger partial charge in [0.25, 0.3) is 5.19 Å². The smallest absolute Gasteiger partial charge is 0.337 e. The van der Waals surface area contributed by atoms with Gasteiger partial charge in [-0.05, 0) is 18.2 Å². The second-order valence-electron chi connectivity index (χ2n) is 3.45. The van der Waals surface area contributed by atoms with Crippen LogP contribution < -0.4 is 4.74 Å². The Balaban J connectivity index is 2.16. The van der Waals surface area contributed by atoms with Gasteiger partial charge in [-0.15, -0.1) is 0 Å². The van der Waals surface area contributed by atoms with Gasteiger partial charge in [0.2, 0.25) is 0 Å². The van der Waals surface area contributed by atoms with E-state index in [1.54, 1.807) is 24.3 Å². The van der Waals surface area contributed by atoms with Crippen molar-refractivity contribution in [2.75, 3.05) is 7.11 Å². The van der Waals surface area contributed by atoms with Crippen LogP contribution in [0.15, 0.2) is 24.3 Å². The van der Waals surface area contributed by atoms with Gasteiger partial charge >= 0.3 is 5.97 Å². The van der Waals surface area contributed by atoms with Gasteiger partial charge in [-0.25, -0.2) is 4.79 Å². The number of esters is 1. The van der Waals surface area contributed by atoms with Gasteiger partial charge < -0.3 is 9.47 Å². The van der Waals surface area contributed by atoms with Gasteiger partial charge in [0.15, 0.2) is 0 Å². The summed E-state index contributed by atoms with van der Waals surface area (Å²) in [5, 5.41) is 0.467. The largest absolute Gasteiger partial charge is 0.465 e. The highest BCUT2D eigenvalue weighted by atomic mass is 32.1. The molecule has 0 radical (unpaired) electrons. The van der Waals surface area contributed by atoms with Crippen LogP contribution in [0.5, 0.6) is 10.9 Å². The van der Waals surface area contributed by atoms with Gasteiger partial charge in [-0.2, -0.15) is 9.36 Å². The van der Waals surface area contributed by atoms with Crippen molar-refractivity contribution in [3.8, 4) is 10.9 Å². The van der Waals surface area contributed by atoms with Gasteiger partial charge in [0.1, 0.15) is 11.6 Å². The lowest BCUT2D eigenvalue weighted by molar-refractivity contribution is 0.0600. The number of rotatable bonds is 4. The average Bonchev–Trinajstić information content (AvgIpc) is 2.86. The Morgan fingerprint density at radius 1 is 1.44 bits per heavy atom. The minimum atomic E-state index is -0.396. The van der Waals surface area contributed by atoms with Crippen molar-refractivity contribution in [1.82, 2.24) is 9.36 Å². The van der Waals surface area contributed by atoms with Crippen LogP contribution in [-0.2, 0) is 11.2 Å². The van der Waals surface area contributed by atoms with Crippen molar-refractivity contribution in [2.45, 2.75) is 13.3 Å². The summed E-state index contributed by atoms with van der Waals surface area (Å²) in [6.07, 6.45) is 0.766. The highest BCUT2D eigenvalue weighted by Gasteiger charge is 2.08. The summed E-state index contributed by atoms with van der Waals surface area (Å²) in [6.45, 7) is 1.98. The maximum atomic E-state index is 11.4. The number of hydrogen-bond donors (Lipinski definition) is 0. The number of hydrogen-bond acceptors (Lipinski definition) is 6. The predicted molar refractivity (Wildman–Crippen MR) is 67.1 cm³/mol. The molecule has 0 bridgehead atoms. The molecule has 0 unspecified atom stereocenters. The number of benzene rings is 1. The maximum Gasteiger partial charge on any atom is 0.337 e. The van der Waals surface area contributed by atoms with Crippen LogP contribution in [0.2, 0.25) is 0 Å². The van der Waals surface area contributed by atoms with Crippen LogP contribution in [0.1, 0.15) is 23.1 Å². The van der Waals surface area contributed by atoms with E-state index in [1.165, 1.54) is 18.6 Å². The maximum absolute atomic E-state index is 11.4. The van der Waals surface area contributed by atoms with Gasteiger partial charge in [0, 0.05) is 18.0 Å². The number of aromatic nitrogens is 2. The first-order valence-corrected chi connectivity index (χ1v) is 6.19. The van der Waals surface area contributed by atoms with Crippen molar-refractivity contribution in [1.29, 1.82) is 0 Å². The minimum absolute atomic E-state index is 0.396. The van der Waals surface area contributed by atoms with E-state index in [0.717, 1.165) is 12.2 Å². The quantitative estimate of drug-likeness (QED) is 0.794. The van der Waals surface area contributed by atoms with Crippen molar-refractivity contribution in [2.24, 2.45) is 0 Å². The molecule has 2 rings (SSSR count). The third-order valence-electron chi connectivity index (χ3n) is 2.23. The fourth-order valence-electron chi connectivity index (χ4n) is 1.33. The molecule has 2 aromatic rings. The molecule has 1 heterocycles. The molecule has 0 aliphatic carbocycles. The van der Waals surface area contributed by atoms with Gasteiger partial charge in [-0.1, -0.05) is 13.0 Å². The third-order valence-corrected chi connectivity index (χ3v) is 2.86. The fraction of sp³-hybridized carbons (Fsp3) is 0.250. The van der Waals surface area contributed by atoms with E-state index in [1.807, 2.05) is 6.92 Å². The number of nitrogens with zero attached hydrogens (tertiary/aromatic N) is 2. The molecule has 1 aromatic heterocycles. The van der Waals surface area contributed by atoms with Crippen molar-refractivity contribution >= 4 is 17.5 Å². The topological polar surface area (TPSA) is 61.3 Å². The van der Waals surface area contributed by atoms with E-state index < -0.39 is 5.97 Å². The molecule has 0 aliphatic rings. The first-order chi connectivity index (χ1) is 8.72. The summed E-state index contributed by atoms with van der Waals surface area (Å²) in [6, 6.07) is 6.75. The molecule has 6 heteroatoms. The zero-order valence-electron chi connectivity index (χ0n) is 10.0. The molecule has 0 fully saturated rings. The summed E-state index contributed by atoms with van der Waals surface area (Å²) in [4.78, 5) is 15.6. The lowest BCUT2D eigenvalue weighted by Crippen LogP contribution is -2.00. The Bertz CT molecular complexity index is 554. The van der Waals surface area contributed by atoms with E-state index in [-0.39, 0.29) is 0 Å². The Labute approximate surface area is 109 Å². The second-order valence-corrected chi connectivity index (χ2v) is 4.17. The molecular weight excluding hydrogens is 252 g/mol. The van der Waals surface area contributed by atoms with Crippen molar-refractivity contribution in [3.63, 3.8) is 0 Å². The molecule has 0 saturated heterocycles. The molecule has 0 spiro atoms. The highest BCUT2D eigenvalue weighted by Crippen LogP contribution is 2.24. The molecule has 1 aromatic carbocycles. The van der Waals surface area contributed by atoms with Crippen LogP contribution >= 0.6 is 11.5 Å². The molecule has 0 N–H and O–H groups in total. The van der Waals surface area contributed by atoms with Crippen LogP contribution in [0, 0.1) is 0 Å². The summed E-state index contributed by atoms with van der Waals surface area (Å²) in [7, 11) is 1.34. The van der Waals surface area contributed by atoms with Crippen LogP contribution in [0.4, 0.5) is 0 Å². The molecule has 18 heavy (non-hydrogen) atoms. The van der Waals surface area contributed by atoms with Gasteiger partial charge in [0.05, 0.1) is 12.7 Å². The number of ether oxygens (including phenoxy) is 2. The molecule has 0 amide bonds. The van der Waals surface area contributed by atoms with Crippen LogP contribution in [0.25, 0.3) is 0 Å². The Hall–Kier alpha value is -1.95. The summed E-state index contributed by atoms with van der Waals surface area (Å²) in [5.41, 5.74) is 0.440. The zero-order valence-corrected chi connectivity index (χ0v) is 10.9. The zero-order chi connectivity index (χ0) is 13.0. The second kappa shape index (κ2) is 5.59. The number of methoxy groups -OCH3 is 1. The van der Waals surface area contributed by atoms with E-state index in [4.69, 9.17) is 4.74 Å². The number of carbonyl (C=O) groups excluding carboxylic acids is 1. The average molecular weight is 264 g/mol. The first kappa shape index (κ1) is 12.5. The predicted octanol–water partition coefficient (Wildman–Crippen LogP) is 2.68. The van der Waals surface area contributed by atoms with Crippen molar-refractivity contribution in [3.05, 3.63) is 35.7 Å². The summed E-state index contributed by atoms with van der Waals surface area (Å²) >= 11 is 1.19. The SMILES string of the molecule is CCc1nsc(Oc2cccc(C(=O)OC)c2)n1. The molecule has 94 valence electrons. The summed E-state index contributed by atoms with van der Waals surface area (Å²) < 4.78 is 14.3. The lowest BCUT2D eigenvalue weighted by atomic mass is 10.2. The first-order valence-electron chi connectivity index (χ1n) is 5.41. The lowest BCUT2D eigenvalue weighted by Gasteiger charge is -2.03. The monoisotopic (exact) mass is 264 g/mol. The van der Waals surface area contributed by atoms with E-state index >= 15 is 0 Å². The van der Waals surface area contributed by atoms with E-state index in [2.05, 4.69) is 14.1 Å².